The minimum absolute atomic E-state index is 0.122. The van der Waals surface area contributed by atoms with Crippen LogP contribution < -0.4 is 10.6 Å². The van der Waals surface area contributed by atoms with Crippen molar-refractivity contribution in [3.63, 3.8) is 0 Å². The van der Waals surface area contributed by atoms with Crippen molar-refractivity contribution in [3.05, 3.63) is 35.9 Å². The van der Waals surface area contributed by atoms with Crippen LogP contribution in [0.1, 0.15) is 40.2 Å². The van der Waals surface area contributed by atoms with Crippen LogP contribution in [0, 0.1) is 5.92 Å². The zero-order valence-electron chi connectivity index (χ0n) is 15.7. The number of carbonyl (C=O) groups is 2. The Morgan fingerprint density at radius 3 is 2.20 bits per heavy atom. The molecule has 140 valence electrons. The molecule has 2 atom stereocenters. The highest BCUT2D eigenvalue weighted by Gasteiger charge is 2.28. The molecular weight excluding hydrogens is 320 g/mol. The fourth-order valence-corrected chi connectivity index (χ4v) is 2.32. The summed E-state index contributed by atoms with van der Waals surface area (Å²) in [4.78, 5) is 24.5. The van der Waals surface area contributed by atoms with E-state index in [9.17, 15) is 14.7 Å². The predicted octanol–water partition coefficient (Wildman–Crippen LogP) is 2.26. The number of ether oxygens (including phenoxy) is 1. The minimum atomic E-state index is -0.736. The highest BCUT2D eigenvalue weighted by molar-refractivity contribution is 5.86. The van der Waals surface area contributed by atoms with Gasteiger partial charge >= 0.3 is 6.09 Å². The molecule has 6 heteroatoms. The van der Waals surface area contributed by atoms with Gasteiger partial charge in [-0.2, -0.15) is 0 Å². The van der Waals surface area contributed by atoms with Crippen LogP contribution in [0.25, 0.3) is 0 Å². The molecule has 1 rings (SSSR count). The second-order valence-electron chi connectivity index (χ2n) is 7.45. The smallest absolute Gasteiger partial charge is 0.408 e. The molecule has 1 unspecified atom stereocenters. The van der Waals surface area contributed by atoms with Crippen LogP contribution in [0.5, 0.6) is 0 Å². The third-order valence-electron chi connectivity index (χ3n) is 3.51. The van der Waals surface area contributed by atoms with Gasteiger partial charge in [-0.3, -0.25) is 4.79 Å². The zero-order chi connectivity index (χ0) is 19.0. The lowest BCUT2D eigenvalue weighted by molar-refractivity contribution is -0.125. The molecule has 0 aliphatic carbocycles. The normalized spacial score (nSPS) is 13.9. The summed E-state index contributed by atoms with van der Waals surface area (Å²) in [6, 6.07) is 8.45. The van der Waals surface area contributed by atoms with Gasteiger partial charge < -0.3 is 20.5 Å². The van der Waals surface area contributed by atoms with Crippen LogP contribution >= 0.6 is 0 Å². The Hall–Kier alpha value is -2.08. The molecule has 6 nitrogen and oxygen atoms in total. The first-order valence-electron chi connectivity index (χ1n) is 8.57. The summed E-state index contributed by atoms with van der Waals surface area (Å²) < 4.78 is 5.22. The van der Waals surface area contributed by atoms with Gasteiger partial charge in [0.05, 0.1) is 12.6 Å². The summed E-state index contributed by atoms with van der Waals surface area (Å²) in [5.41, 5.74) is 0.381. The molecule has 0 spiro atoms. The Morgan fingerprint density at radius 1 is 1.12 bits per heavy atom. The molecule has 1 aromatic rings. The number of aliphatic hydroxyl groups excluding tert-OH is 1. The maximum absolute atomic E-state index is 12.6. The second kappa shape index (κ2) is 9.42. The first-order valence-corrected chi connectivity index (χ1v) is 8.57. The molecule has 0 saturated heterocycles. The molecule has 0 aromatic heterocycles. The van der Waals surface area contributed by atoms with Crippen molar-refractivity contribution in [2.45, 2.75) is 58.7 Å². The molecule has 0 saturated carbocycles. The maximum Gasteiger partial charge on any atom is 0.408 e. The SMILES string of the molecule is CC(C)C(NC(=O)OC(C)(C)C)C(=O)N[C@H](CO)Cc1ccccc1. The van der Waals surface area contributed by atoms with E-state index >= 15 is 0 Å². The topological polar surface area (TPSA) is 87.7 Å². The Bertz CT molecular complexity index is 552. The molecule has 0 heterocycles. The average Bonchev–Trinajstić information content (AvgIpc) is 2.50. The third-order valence-corrected chi connectivity index (χ3v) is 3.51. The lowest BCUT2D eigenvalue weighted by Crippen LogP contribution is -2.54. The van der Waals surface area contributed by atoms with Gasteiger partial charge in [0.25, 0.3) is 0 Å². The summed E-state index contributed by atoms with van der Waals surface area (Å²) in [6.45, 7) is 8.79. The largest absolute Gasteiger partial charge is 0.444 e. The fraction of sp³-hybridized carbons (Fsp3) is 0.579. The van der Waals surface area contributed by atoms with E-state index in [1.165, 1.54) is 0 Å². The summed E-state index contributed by atoms with van der Waals surface area (Å²) >= 11 is 0. The quantitative estimate of drug-likeness (QED) is 0.704. The Balaban J connectivity index is 2.69. The van der Waals surface area contributed by atoms with E-state index in [1.54, 1.807) is 20.8 Å². The number of hydrogen-bond donors (Lipinski definition) is 3. The van der Waals surface area contributed by atoms with Crippen molar-refractivity contribution in [2.75, 3.05) is 6.61 Å². The number of benzene rings is 1. The minimum Gasteiger partial charge on any atom is -0.444 e. The Morgan fingerprint density at radius 2 is 1.72 bits per heavy atom. The molecule has 25 heavy (non-hydrogen) atoms. The molecule has 2 amide bonds. The van der Waals surface area contributed by atoms with Gasteiger partial charge in [0.15, 0.2) is 0 Å². The van der Waals surface area contributed by atoms with E-state index in [2.05, 4.69) is 10.6 Å². The highest BCUT2D eigenvalue weighted by atomic mass is 16.6. The van der Waals surface area contributed by atoms with Crippen molar-refractivity contribution >= 4 is 12.0 Å². The monoisotopic (exact) mass is 350 g/mol. The summed E-state index contributed by atoms with van der Waals surface area (Å²) in [5, 5.41) is 15.0. The molecule has 0 radical (unpaired) electrons. The van der Waals surface area contributed by atoms with Gasteiger partial charge in [0, 0.05) is 0 Å². The van der Waals surface area contributed by atoms with E-state index in [0.717, 1.165) is 5.56 Å². The Kier molecular flexibility index (Phi) is 7.90. The number of rotatable bonds is 7. The van der Waals surface area contributed by atoms with Gasteiger partial charge in [-0.1, -0.05) is 44.2 Å². The van der Waals surface area contributed by atoms with Crippen LogP contribution in [0.15, 0.2) is 30.3 Å². The lowest BCUT2D eigenvalue weighted by Gasteiger charge is -2.26. The van der Waals surface area contributed by atoms with Crippen molar-refractivity contribution in [2.24, 2.45) is 5.92 Å². The van der Waals surface area contributed by atoms with Crippen LogP contribution in [0.4, 0.5) is 4.79 Å². The van der Waals surface area contributed by atoms with Gasteiger partial charge in [0.2, 0.25) is 5.91 Å². The molecule has 0 bridgehead atoms. The van der Waals surface area contributed by atoms with Gasteiger partial charge in [-0.25, -0.2) is 4.79 Å². The van der Waals surface area contributed by atoms with Gasteiger partial charge in [0.1, 0.15) is 11.6 Å². The summed E-state index contributed by atoms with van der Waals surface area (Å²) in [7, 11) is 0. The first kappa shape index (κ1) is 21.0. The lowest BCUT2D eigenvalue weighted by atomic mass is 10.0. The zero-order valence-corrected chi connectivity index (χ0v) is 15.7. The van der Waals surface area contributed by atoms with Crippen molar-refractivity contribution in [1.29, 1.82) is 0 Å². The van der Waals surface area contributed by atoms with E-state index < -0.39 is 23.8 Å². The van der Waals surface area contributed by atoms with Gasteiger partial charge in [-0.15, -0.1) is 0 Å². The maximum atomic E-state index is 12.6. The van der Waals surface area contributed by atoms with E-state index in [0.29, 0.717) is 6.42 Å². The average molecular weight is 350 g/mol. The number of carbonyl (C=O) groups excluding carboxylic acids is 2. The third kappa shape index (κ3) is 8.03. The van der Waals surface area contributed by atoms with E-state index in [-0.39, 0.29) is 18.4 Å². The molecule has 0 aliphatic heterocycles. The molecule has 0 fully saturated rings. The van der Waals surface area contributed by atoms with E-state index in [1.807, 2.05) is 44.2 Å². The number of amides is 2. The van der Waals surface area contributed by atoms with Crippen LogP contribution in [0.2, 0.25) is 0 Å². The van der Waals surface area contributed by atoms with E-state index in [4.69, 9.17) is 4.74 Å². The molecular formula is C19H30N2O4. The van der Waals surface area contributed by atoms with Crippen LogP contribution in [0.3, 0.4) is 0 Å². The van der Waals surface area contributed by atoms with Crippen molar-refractivity contribution in [3.8, 4) is 0 Å². The first-order chi connectivity index (χ1) is 11.6. The van der Waals surface area contributed by atoms with Crippen molar-refractivity contribution < 1.29 is 19.4 Å². The second-order valence-corrected chi connectivity index (χ2v) is 7.45. The number of hydrogen-bond acceptors (Lipinski definition) is 4. The number of aliphatic hydroxyl groups is 1. The molecule has 1 aromatic carbocycles. The Labute approximate surface area is 150 Å². The predicted molar refractivity (Wildman–Crippen MR) is 97.2 cm³/mol. The number of alkyl carbamates (subject to hydrolysis) is 1. The highest BCUT2D eigenvalue weighted by Crippen LogP contribution is 2.10. The standard InChI is InChI=1S/C19H30N2O4/c1-13(2)16(21-18(24)25-19(3,4)5)17(23)20-15(12-22)11-14-9-7-6-8-10-14/h6-10,13,15-16,22H,11-12H2,1-5H3,(H,20,23)(H,21,24)/t15-,16?/m0/s1. The van der Waals surface area contributed by atoms with Gasteiger partial charge in [-0.05, 0) is 38.7 Å². The molecule has 0 aliphatic rings. The molecule has 3 N–H and O–H groups in total. The summed E-state index contributed by atoms with van der Waals surface area (Å²) in [6.07, 6.45) is -0.120. The van der Waals surface area contributed by atoms with Crippen LogP contribution in [-0.2, 0) is 16.0 Å². The fourth-order valence-electron chi connectivity index (χ4n) is 2.32. The summed E-state index contributed by atoms with van der Waals surface area (Å²) in [5.74, 6) is -0.459. The van der Waals surface area contributed by atoms with Crippen molar-refractivity contribution in [1.82, 2.24) is 10.6 Å². The van der Waals surface area contributed by atoms with Crippen LogP contribution in [-0.4, -0.2) is 41.4 Å². The number of nitrogens with one attached hydrogen (secondary N) is 2.